The van der Waals surface area contributed by atoms with E-state index in [4.69, 9.17) is 11.5 Å². The van der Waals surface area contributed by atoms with Gasteiger partial charge >= 0.3 is 0 Å². The molecule has 2 amide bonds. The number of rotatable bonds is 5. The van der Waals surface area contributed by atoms with Crippen molar-refractivity contribution < 1.29 is 14.0 Å². The molecule has 1 saturated heterocycles. The van der Waals surface area contributed by atoms with E-state index in [2.05, 4.69) is 0 Å². The second kappa shape index (κ2) is 7.38. The molecule has 7 heteroatoms. The van der Waals surface area contributed by atoms with Crippen molar-refractivity contribution in [3.05, 3.63) is 35.6 Å². The SMILES string of the molecule is Cl.NC(=O)C1CN(CCc2ccc(F)cc2)CC1C(N)=O. The third-order valence-corrected chi connectivity index (χ3v) is 3.76. The van der Waals surface area contributed by atoms with Gasteiger partial charge in [0, 0.05) is 19.6 Å². The molecule has 1 aromatic carbocycles. The van der Waals surface area contributed by atoms with Gasteiger partial charge in [-0.05, 0) is 24.1 Å². The fourth-order valence-electron chi connectivity index (χ4n) is 2.58. The Hall–Kier alpha value is -1.66. The first-order valence-electron chi connectivity index (χ1n) is 6.53. The summed E-state index contributed by atoms with van der Waals surface area (Å²) < 4.78 is 12.8. The number of nitrogens with two attached hydrogens (primary N) is 2. The van der Waals surface area contributed by atoms with Crippen molar-refractivity contribution in [2.24, 2.45) is 23.3 Å². The Morgan fingerprint density at radius 3 is 2.00 bits per heavy atom. The number of halogens is 2. The minimum Gasteiger partial charge on any atom is -0.369 e. The first-order chi connectivity index (χ1) is 9.47. The van der Waals surface area contributed by atoms with E-state index in [0.717, 1.165) is 12.0 Å². The van der Waals surface area contributed by atoms with Gasteiger partial charge in [-0.25, -0.2) is 4.39 Å². The van der Waals surface area contributed by atoms with Crippen molar-refractivity contribution in [3.8, 4) is 0 Å². The van der Waals surface area contributed by atoms with Gasteiger partial charge in [0.05, 0.1) is 11.8 Å². The Balaban J connectivity index is 0.00000220. The van der Waals surface area contributed by atoms with Crippen molar-refractivity contribution in [2.45, 2.75) is 6.42 Å². The van der Waals surface area contributed by atoms with Crippen molar-refractivity contribution in [2.75, 3.05) is 19.6 Å². The summed E-state index contributed by atoms with van der Waals surface area (Å²) >= 11 is 0. The van der Waals surface area contributed by atoms with E-state index < -0.39 is 23.7 Å². The van der Waals surface area contributed by atoms with Crippen molar-refractivity contribution >= 4 is 24.2 Å². The first kappa shape index (κ1) is 17.4. The van der Waals surface area contributed by atoms with Crippen LogP contribution >= 0.6 is 12.4 Å². The van der Waals surface area contributed by atoms with E-state index in [1.165, 1.54) is 12.1 Å². The molecule has 2 rings (SSSR count). The maximum Gasteiger partial charge on any atom is 0.222 e. The van der Waals surface area contributed by atoms with Gasteiger partial charge in [0.15, 0.2) is 0 Å². The van der Waals surface area contributed by atoms with E-state index in [1.54, 1.807) is 12.1 Å². The molecular weight excluding hydrogens is 297 g/mol. The molecule has 0 saturated carbocycles. The molecule has 0 spiro atoms. The van der Waals surface area contributed by atoms with Gasteiger partial charge in [-0.2, -0.15) is 0 Å². The Labute approximate surface area is 128 Å². The summed E-state index contributed by atoms with van der Waals surface area (Å²) in [6, 6.07) is 6.28. The largest absolute Gasteiger partial charge is 0.369 e. The molecule has 1 aromatic rings. The molecule has 0 bridgehead atoms. The minimum absolute atomic E-state index is 0. The molecule has 0 aromatic heterocycles. The van der Waals surface area contributed by atoms with E-state index in [9.17, 15) is 14.0 Å². The predicted molar refractivity (Wildman–Crippen MR) is 79.2 cm³/mol. The van der Waals surface area contributed by atoms with Crippen molar-refractivity contribution in [3.63, 3.8) is 0 Å². The average molecular weight is 316 g/mol. The summed E-state index contributed by atoms with van der Waals surface area (Å²) in [4.78, 5) is 24.6. The highest BCUT2D eigenvalue weighted by atomic mass is 35.5. The third kappa shape index (κ3) is 4.41. The van der Waals surface area contributed by atoms with Crippen LogP contribution in [-0.4, -0.2) is 36.3 Å². The van der Waals surface area contributed by atoms with Crippen LogP contribution in [0.4, 0.5) is 4.39 Å². The maximum absolute atomic E-state index is 12.8. The van der Waals surface area contributed by atoms with Crippen molar-refractivity contribution in [1.29, 1.82) is 0 Å². The van der Waals surface area contributed by atoms with Gasteiger partial charge in [0.2, 0.25) is 11.8 Å². The molecule has 5 nitrogen and oxygen atoms in total. The molecule has 1 aliphatic rings. The molecule has 1 fully saturated rings. The molecule has 2 atom stereocenters. The van der Waals surface area contributed by atoms with E-state index in [0.29, 0.717) is 19.6 Å². The Kier molecular flexibility index (Phi) is 6.11. The Morgan fingerprint density at radius 2 is 1.57 bits per heavy atom. The maximum atomic E-state index is 12.8. The smallest absolute Gasteiger partial charge is 0.222 e. The van der Waals surface area contributed by atoms with Gasteiger partial charge in [0.25, 0.3) is 0 Å². The first-order valence-corrected chi connectivity index (χ1v) is 6.53. The summed E-state index contributed by atoms with van der Waals surface area (Å²) in [5, 5.41) is 0. The highest BCUT2D eigenvalue weighted by Gasteiger charge is 2.39. The monoisotopic (exact) mass is 315 g/mol. The molecule has 2 unspecified atom stereocenters. The molecule has 0 aliphatic carbocycles. The summed E-state index contributed by atoms with van der Waals surface area (Å²) in [7, 11) is 0. The number of hydrogen-bond acceptors (Lipinski definition) is 3. The minimum atomic E-state index is -0.513. The van der Waals surface area contributed by atoms with Gasteiger partial charge in [0.1, 0.15) is 5.82 Å². The molecule has 1 heterocycles. The van der Waals surface area contributed by atoms with E-state index in [1.807, 2.05) is 4.90 Å². The van der Waals surface area contributed by atoms with Crippen LogP contribution in [0.25, 0.3) is 0 Å². The topological polar surface area (TPSA) is 89.4 Å². The lowest BCUT2D eigenvalue weighted by Gasteiger charge is -2.15. The number of carbonyl (C=O) groups is 2. The number of amides is 2. The number of likely N-dealkylation sites (tertiary alicyclic amines) is 1. The van der Waals surface area contributed by atoms with E-state index >= 15 is 0 Å². The zero-order valence-corrected chi connectivity index (χ0v) is 12.3. The fourth-order valence-corrected chi connectivity index (χ4v) is 2.58. The molecule has 4 N–H and O–H groups in total. The summed E-state index contributed by atoms with van der Waals surface area (Å²) in [6.07, 6.45) is 0.719. The number of hydrogen-bond donors (Lipinski definition) is 2. The second-order valence-electron chi connectivity index (χ2n) is 5.15. The predicted octanol–water partition coefficient (Wildman–Crippen LogP) is 0.309. The van der Waals surface area contributed by atoms with Crippen LogP contribution in [0.1, 0.15) is 5.56 Å². The Morgan fingerprint density at radius 1 is 1.10 bits per heavy atom. The number of nitrogens with zero attached hydrogens (tertiary/aromatic N) is 1. The zero-order valence-electron chi connectivity index (χ0n) is 11.5. The molecule has 1 aliphatic heterocycles. The quantitative estimate of drug-likeness (QED) is 0.819. The Bertz CT molecular complexity index is 487. The summed E-state index contributed by atoms with van der Waals surface area (Å²) in [5.74, 6) is -2.27. The standard InChI is InChI=1S/C14H18FN3O2.ClH/c15-10-3-1-9(2-4-10)5-6-18-7-11(13(16)19)12(8-18)14(17)20;/h1-4,11-12H,5-8H2,(H2,16,19)(H2,17,20);1H. The lowest BCUT2D eigenvalue weighted by atomic mass is 9.95. The lowest BCUT2D eigenvalue weighted by molar-refractivity contribution is -0.129. The van der Waals surface area contributed by atoms with Crippen LogP contribution in [0.5, 0.6) is 0 Å². The van der Waals surface area contributed by atoms with Crippen molar-refractivity contribution in [1.82, 2.24) is 4.90 Å². The molecule has 21 heavy (non-hydrogen) atoms. The fraction of sp³-hybridized carbons (Fsp3) is 0.429. The number of carbonyl (C=O) groups excluding carboxylic acids is 2. The van der Waals surface area contributed by atoms with Crippen LogP contribution < -0.4 is 11.5 Å². The highest BCUT2D eigenvalue weighted by Crippen LogP contribution is 2.23. The number of benzene rings is 1. The van der Waals surface area contributed by atoms with E-state index in [-0.39, 0.29) is 18.2 Å². The van der Waals surface area contributed by atoms with Gasteiger partial charge in [-0.1, -0.05) is 12.1 Å². The third-order valence-electron chi connectivity index (χ3n) is 3.76. The highest BCUT2D eigenvalue weighted by molar-refractivity contribution is 5.87. The summed E-state index contributed by atoms with van der Waals surface area (Å²) in [6.45, 7) is 1.58. The van der Waals surface area contributed by atoms with Crippen LogP contribution in [0, 0.1) is 17.7 Å². The summed E-state index contributed by atoms with van der Waals surface area (Å²) in [5.41, 5.74) is 11.6. The molecular formula is C14H19ClFN3O2. The zero-order chi connectivity index (χ0) is 14.7. The second-order valence-corrected chi connectivity index (χ2v) is 5.15. The normalized spacial score (nSPS) is 21.8. The number of primary amides is 2. The molecule has 0 radical (unpaired) electrons. The van der Waals surface area contributed by atoms with Gasteiger partial charge < -0.3 is 16.4 Å². The van der Waals surface area contributed by atoms with Gasteiger partial charge in [-0.3, -0.25) is 9.59 Å². The lowest BCUT2D eigenvalue weighted by Crippen LogP contribution is -2.36. The van der Waals surface area contributed by atoms with Gasteiger partial charge in [-0.15, -0.1) is 12.4 Å². The van der Waals surface area contributed by atoms with Crippen LogP contribution in [0.15, 0.2) is 24.3 Å². The van der Waals surface area contributed by atoms with Crippen LogP contribution in [-0.2, 0) is 16.0 Å². The average Bonchev–Trinajstić information content (AvgIpc) is 2.83. The van der Waals surface area contributed by atoms with Crippen LogP contribution in [0.2, 0.25) is 0 Å². The van der Waals surface area contributed by atoms with Crippen LogP contribution in [0.3, 0.4) is 0 Å². The molecule has 116 valence electrons.